The molecule has 2 aromatic heterocycles. The molecule has 5 saturated carbocycles. The molecule has 0 amide bonds. The van der Waals surface area contributed by atoms with E-state index in [-0.39, 0.29) is 12.1 Å². The summed E-state index contributed by atoms with van der Waals surface area (Å²) in [4.78, 5) is 20.3. The van der Waals surface area contributed by atoms with Crippen LogP contribution in [0.2, 0.25) is 0 Å². The lowest BCUT2D eigenvalue weighted by Crippen LogP contribution is -2.59. The second-order valence-corrected chi connectivity index (χ2v) is 9.26. The van der Waals surface area contributed by atoms with Crippen molar-refractivity contribution in [1.82, 2.24) is 9.97 Å². The van der Waals surface area contributed by atoms with Crippen molar-refractivity contribution in [3.8, 4) is 0 Å². The van der Waals surface area contributed by atoms with Crippen LogP contribution in [0.15, 0.2) is 18.5 Å². The van der Waals surface area contributed by atoms with Crippen molar-refractivity contribution < 1.29 is 14.6 Å². The van der Waals surface area contributed by atoms with Crippen molar-refractivity contribution >= 4 is 22.7 Å². The number of nitrogens with zero attached hydrogens (tertiary/aromatic N) is 1. The molecule has 0 unspecified atom stereocenters. The van der Waals surface area contributed by atoms with Crippen LogP contribution < -0.4 is 5.32 Å². The van der Waals surface area contributed by atoms with Crippen LogP contribution in [0.25, 0.3) is 11.0 Å². The Bertz CT molecular complexity index is 903. The zero-order valence-corrected chi connectivity index (χ0v) is 15.3. The van der Waals surface area contributed by atoms with E-state index in [9.17, 15) is 9.90 Å². The molecule has 0 radical (unpaired) electrons. The Morgan fingerprint density at radius 1 is 1.26 bits per heavy atom. The molecule has 5 aliphatic carbocycles. The zero-order chi connectivity index (χ0) is 18.2. The number of esters is 1. The first-order valence-corrected chi connectivity index (χ1v) is 10.2. The van der Waals surface area contributed by atoms with E-state index in [1.807, 2.05) is 12.3 Å². The maximum absolute atomic E-state index is 12.7. The number of nitrogens with one attached hydrogen (secondary N) is 2. The SMILES string of the molecule is O=C(OC1CC1)c1cnc2[nH]ccc2c1N[C@@H]1[C@@H]2C[C@@H]3C[C@H]1C[C@](O)(C3)C2. The first-order valence-electron chi connectivity index (χ1n) is 10.2. The fourth-order valence-electron chi connectivity index (χ4n) is 6.10. The number of carbonyl (C=O) groups is 1. The number of hydrogen-bond acceptors (Lipinski definition) is 5. The summed E-state index contributed by atoms with van der Waals surface area (Å²) in [5, 5.41) is 15.5. The Hall–Kier alpha value is -2.08. The van der Waals surface area contributed by atoms with Crippen LogP contribution in [0.4, 0.5) is 5.69 Å². The van der Waals surface area contributed by atoms with Crippen molar-refractivity contribution in [2.75, 3.05) is 5.32 Å². The minimum Gasteiger partial charge on any atom is -0.459 e. The van der Waals surface area contributed by atoms with Gasteiger partial charge in [-0.2, -0.15) is 0 Å². The Kier molecular flexibility index (Phi) is 3.23. The normalized spacial score (nSPS) is 36.9. The highest BCUT2D eigenvalue weighted by molar-refractivity contribution is 6.04. The number of rotatable bonds is 4. The average Bonchev–Trinajstić information content (AvgIpc) is 3.29. The van der Waals surface area contributed by atoms with Crippen LogP contribution in [-0.2, 0) is 4.74 Å². The first kappa shape index (κ1) is 15.9. The van der Waals surface area contributed by atoms with Crippen molar-refractivity contribution in [3.63, 3.8) is 0 Å². The number of anilines is 1. The third-order valence-corrected chi connectivity index (χ3v) is 7.16. The lowest BCUT2D eigenvalue weighted by molar-refractivity contribution is -0.129. The minimum atomic E-state index is -0.454. The number of pyridine rings is 1. The molecule has 5 fully saturated rings. The van der Waals surface area contributed by atoms with Gasteiger partial charge in [-0.25, -0.2) is 9.78 Å². The van der Waals surface area contributed by atoms with Gasteiger partial charge in [0.05, 0.1) is 11.3 Å². The molecule has 6 nitrogen and oxygen atoms in total. The van der Waals surface area contributed by atoms with Gasteiger partial charge in [-0.3, -0.25) is 0 Å². The predicted octanol–water partition coefficient (Wildman–Crippen LogP) is 3.23. The highest BCUT2D eigenvalue weighted by Crippen LogP contribution is 2.56. The number of hydrogen-bond donors (Lipinski definition) is 3. The van der Waals surface area contributed by atoms with Crippen molar-refractivity contribution in [1.29, 1.82) is 0 Å². The topological polar surface area (TPSA) is 87.2 Å². The molecule has 0 aliphatic heterocycles. The van der Waals surface area contributed by atoms with Gasteiger partial charge in [0.25, 0.3) is 0 Å². The molecule has 0 aromatic carbocycles. The highest BCUT2D eigenvalue weighted by Gasteiger charge is 2.54. The number of aromatic nitrogens is 2. The molecule has 7 rings (SSSR count). The lowest BCUT2D eigenvalue weighted by atomic mass is 9.52. The van der Waals surface area contributed by atoms with Crippen molar-refractivity contribution in [2.24, 2.45) is 17.8 Å². The fraction of sp³-hybridized carbons (Fsp3) is 0.619. The fourth-order valence-corrected chi connectivity index (χ4v) is 6.10. The van der Waals surface area contributed by atoms with Gasteiger partial charge < -0.3 is 20.1 Å². The quantitative estimate of drug-likeness (QED) is 0.722. The van der Waals surface area contributed by atoms with Gasteiger partial charge in [-0.1, -0.05) is 0 Å². The van der Waals surface area contributed by atoms with Gasteiger partial charge in [0.1, 0.15) is 17.3 Å². The largest absolute Gasteiger partial charge is 0.459 e. The van der Waals surface area contributed by atoms with E-state index < -0.39 is 5.60 Å². The summed E-state index contributed by atoms with van der Waals surface area (Å²) in [7, 11) is 0. The Balaban J connectivity index is 1.36. The van der Waals surface area contributed by atoms with E-state index in [0.29, 0.717) is 29.4 Å². The van der Waals surface area contributed by atoms with Crippen LogP contribution in [0.5, 0.6) is 0 Å². The summed E-state index contributed by atoms with van der Waals surface area (Å²) in [5.74, 6) is 1.32. The third kappa shape index (κ3) is 2.57. The van der Waals surface area contributed by atoms with E-state index in [2.05, 4.69) is 15.3 Å². The van der Waals surface area contributed by atoms with Crippen LogP contribution >= 0.6 is 0 Å². The number of aromatic amines is 1. The molecule has 142 valence electrons. The summed E-state index contributed by atoms with van der Waals surface area (Å²) < 4.78 is 5.57. The summed E-state index contributed by atoms with van der Waals surface area (Å²) in [6.45, 7) is 0. The number of aliphatic hydroxyl groups is 1. The van der Waals surface area contributed by atoms with Crippen LogP contribution in [-0.4, -0.2) is 38.8 Å². The van der Waals surface area contributed by atoms with Crippen molar-refractivity contribution in [3.05, 3.63) is 24.0 Å². The molecule has 2 heterocycles. The molecule has 0 spiro atoms. The molecule has 5 atom stereocenters. The van der Waals surface area contributed by atoms with Crippen LogP contribution in [0.1, 0.15) is 55.3 Å². The predicted molar refractivity (Wildman–Crippen MR) is 100 cm³/mol. The van der Waals surface area contributed by atoms with E-state index in [1.54, 1.807) is 6.20 Å². The Labute approximate surface area is 157 Å². The number of H-pyrrole nitrogens is 1. The van der Waals surface area contributed by atoms with E-state index in [0.717, 1.165) is 48.8 Å². The number of fused-ring (bicyclic) bond motifs is 1. The molecule has 5 aliphatic rings. The minimum absolute atomic E-state index is 0.0719. The van der Waals surface area contributed by atoms with Crippen LogP contribution in [0.3, 0.4) is 0 Å². The Morgan fingerprint density at radius 2 is 2.04 bits per heavy atom. The summed E-state index contributed by atoms with van der Waals surface area (Å²) >= 11 is 0. The second kappa shape index (κ2) is 5.47. The number of carbonyl (C=O) groups excluding carboxylic acids is 1. The van der Waals surface area contributed by atoms with E-state index >= 15 is 0 Å². The summed E-state index contributed by atoms with van der Waals surface area (Å²) in [5.41, 5.74) is 1.70. The molecule has 0 saturated heterocycles. The smallest absolute Gasteiger partial charge is 0.342 e. The van der Waals surface area contributed by atoms with Crippen molar-refractivity contribution in [2.45, 2.75) is 62.7 Å². The Morgan fingerprint density at radius 3 is 2.74 bits per heavy atom. The maximum Gasteiger partial charge on any atom is 0.342 e. The standard InChI is InChI=1S/C21H25N3O3/c25-20(27-14-1-2-14)16-10-23-19-15(3-4-22-19)18(16)24-17-12-5-11-6-13(17)9-21(26,7-11)8-12/h3-4,10-14,17,26H,1-2,5-9H2,(H2,22,23,24)/t11-,12-,13+,17-,21+. The molecule has 4 bridgehead atoms. The zero-order valence-electron chi connectivity index (χ0n) is 15.3. The first-order chi connectivity index (χ1) is 13.1. The van der Waals surface area contributed by atoms with Crippen LogP contribution in [0, 0.1) is 17.8 Å². The monoisotopic (exact) mass is 367 g/mol. The molecule has 2 aromatic rings. The lowest BCUT2D eigenvalue weighted by Gasteiger charge is -2.58. The van der Waals surface area contributed by atoms with Gasteiger partial charge in [0.15, 0.2) is 0 Å². The van der Waals surface area contributed by atoms with Gasteiger partial charge in [-0.05, 0) is 68.8 Å². The van der Waals surface area contributed by atoms with Gasteiger partial charge in [0.2, 0.25) is 0 Å². The summed E-state index contributed by atoms with van der Waals surface area (Å²) in [6, 6.07) is 2.28. The molecular formula is C21H25N3O3. The van der Waals surface area contributed by atoms with Gasteiger partial charge >= 0.3 is 5.97 Å². The van der Waals surface area contributed by atoms with Gasteiger partial charge in [0, 0.05) is 23.8 Å². The molecule has 6 heteroatoms. The van der Waals surface area contributed by atoms with Gasteiger partial charge in [-0.15, -0.1) is 0 Å². The number of ether oxygens (including phenoxy) is 1. The molecule has 3 N–H and O–H groups in total. The van der Waals surface area contributed by atoms with E-state index in [4.69, 9.17) is 4.74 Å². The summed E-state index contributed by atoms with van der Waals surface area (Å²) in [6.07, 6.45) is 10.6. The van der Waals surface area contributed by atoms with E-state index in [1.165, 1.54) is 12.8 Å². The highest BCUT2D eigenvalue weighted by atomic mass is 16.5. The third-order valence-electron chi connectivity index (χ3n) is 7.16. The average molecular weight is 367 g/mol. The molecule has 27 heavy (non-hydrogen) atoms. The maximum atomic E-state index is 12.7. The second-order valence-electron chi connectivity index (χ2n) is 9.26. The molecular weight excluding hydrogens is 342 g/mol.